The number of nitrogens with one attached hydrogen (secondary N) is 2. The van der Waals surface area contributed by atoms with Crippen LogP contribution in [0.4, 0.5) is 26.6 Å². The second-order valence-corrected chi connectivity index (χ2v) is 9.16. The first-order chi connectivity index (χ1) is 17.6. The molecule has 2 N–H and O–H groups in total. The molecular formula is C26H28FN5O5. The molecule has 0 unspecified atom stereocenters. The van der Waals surface area contributed by atoms with E-state index < -0.39 is 17.5 Å². The highest BCUT2D eigenvalue weighted by Crippen LogP contribution is 2.32. The van der Waals surface area contributed by atoms with Crippen LogP contribution in [0.2, 0.25) is 0 Å². The number of carbonyl (C=O) groups excluding carboxylic acids is 1. The molecule has 0 fully saturated rings. The van der Waals surface area contributed by atoms with E-state index >= 15 is 0 Å². The molecule has 0 atom stereocenters. The lowest BCUT2D eigenvalue weighted by Gasteiger charge is -2.25. The lowest BCUT2D eigenvalue weighted by atomic mass is 9.95. The summed E-state index contributed by atoms with van der Waals surface area (Å²) in [4.78, 5) is 25.1. The molecule has 2 aromatic rings. The summed E-state index contributed by atoms with van der Waals surface area (Å²) in [5.74, 6) is 1.09. The number of ether oxygens (including phenoxy) is 4. The highest BCUT2D eigenvalue weighted by molar-refractivity contribution is 5.92. The Morgan fingerprint density at radius 3 is 2.57 bits per heavy atom. The standard InChI is InChI=1S/C26H28FN5O5/c1-26(2,3)37-25(33)31-21-8-9-36-22-7-6-15(12-19(21)22)30-24-28-14-20(27)23(32-24)29-16-10-17(34-4)13-18(11-16)35-5/h7-11,13-14H,6,12H2,1-5H3,(H,31,33)(H,28,29,32). The number of allylic oxidation sites excluding steroid dienone is 3. The fourth-order valence-corrected chi connectivity index (χ4v) is 3.59. The number of nitrogens with zero attached hydrogens (tertiary/aromatic N) is 3. The summed E-state index contributed by atoms with van der Waals surface area (Å²) in [6.07, 6.45) is 6.33. The van der Waals surface area contributed by atoms with Crippen LogP contribution in [0.5, 0.6) is 11.5 Å². The Morgan fingerprint density at radius 1 is 1.16 bits per heavy atom. The minimum Gasteiger partial charge on any atom is -0.497 e. The number of amides is 1. The number of hydrogen-bond acceptors (Lipinski definition) is 9. The average Bonchev–Trinajstić information content (AvgIpc) is 2.85. The average molecular weight is 510 g/mol. The Morgan fingerprint density at radius 2 is 1.89 bits per heavy atom. The van der Waals surface area contributed by atoms with E-state index in [0.717, 1.165) is 11.8 Å². The predicted molar refractivity (Wildman–Crippen MR) is 136 cm³/mol. The predicted octanol–water partition coefficient (Wildman–Crippen LogP) is 5.45. The maximum absolute atomic E-state index is 14.5. The molecule has 1 aliphatic heterocycles. The van der Waals surface area contributed by atoms with Crippen LogP contribution in [-0.4, -0.2) is 41.6 Å². The highest BCUT2D eigenvalue weighted by atomic mass is 19.1. The molecule has 4 rings (SSSR count). The van der Waals surface area contributed by atoms with Gasteiger partial charge in [0.2, 0.25) is 0 Å². The summed E-state index contributed by atoms with van der Waals surface area (Å²) in [5.41, 5.74) is 1.88. The molecule has 37 heavy (non-hydrogen) atoms. The van der Waals surface area contributed by atoms with Gasteiger partial charge in [0.25, 0.3) is 5.95 Å². The first-order valence-corrected chi connectivity index (χ1v) is 11.5. The van der Waals surface area contributed by atoms with Crippen molar-refractivity contribution >= 4 is 29.3 Å². The summed E-state index contributed by atoms with van der Waals surface area (Å²) in [6.45, 7) is 5.37. The summed E-state index contributed by atoms with van der Waals surface area (Å²) < 4.78 is 36.0. The summed E-state index contributed by atoms with van der Waals surface area (Å²) in [7, 11) is 3.05. The fourth-order valence-electron chi connectivity index (χ4n) is 3.59. The van der Waals surface area contributed by atoms with Gasteiger partial charge >= 0.3 is 6.09 Å². The number of benzene rings is 1. The molecular weight excluding hydrogens is 481 g/mol. The van der Waals surface area contributed by atoms with Crippen molar-refractivity contribution < 1.29 is 28.1 Å². The lowest BCUT2D eigenvalue weighted by Crippen LogP contribution is -2.33. The number of fused-ring (bicyclic) bond motifs is 1. The topological polar surface area (TPSA) is 116 Å². The molecule has 1 aliphatic carbocycles. The van der Waals surface area contributed by atoms with E-state index in [1.54, 1.807) is 45.0 Å². The first-order valence-electron chi connectivity index (χ1n) is 11.5. The van der Waals surface area contributed by atoms with Crippen LogP contribution in [0.25, 0.3) is 0 Å². The minimum absolute atomic E-state index is 0.0490. The number of alkyl carbamates (subject to hydrolysis) is 1. The van der Waals surface area contributed by atoms with E-state index in [4.69, 9.17) is 18.9 Å². The van der Waals surface area contributed by atoms with E-state index in [9.17, 15) is 9.18 Å². The third kappa shape index (κ3) is 6.63. The Bertz CT molecular complexity index is 1300. The number of hydrogen-bond donors (Lipinski definition) is 2. The van der Waals surface area contributed by atoms with E-state index in [-0.39, 0.29) is 11.8 Å². The van der Waals surface area contributed by atoms with Crippen molar-refractivity contribution in [3.8, 4) is 11.5 Å². The van der Waals surface area contributed by atoms with Crippen molar-refractivity contribution in [3.63, 3.8) is 0 Å². The SMILES string of the molecule is COc1cc(Nc2nc(N=C3CC=C4OC=CC(NC(=O)OC(C)(C)C)=C4C3)ncc2F)cc(OC)c1. The molecule has 1 aromatic carbocycles. The molecule has 0 radical (unpaired) electrons. The summed E-state index contributed by atoms with van der Waals surface area (Å²) in [5, 5.41) is 5.69. The molecule has 2 aliphatic rings. The smallest absolute Gasteiger partial charge is 0.412 e. The Balaban J connectivity index is 1.57. The third-order valence-electron chi connectivity index (χ3n) is 5.20. The molecule has 0 spiro atoms. The van der Waals surface area contributed by atoms with Gasteiger partial charge in [-0.05, 0) is 32.9 Å². The Hall–Kier alpha value is -4.41. The van der Waals surface area contributed by atoms with E-state index in [2.05, 4.69) is 25.6 Å². The zero-order valence-electron chi connectivity index (χ0n) is 21.2. The van der Waals surface area contributed by atoms with Crippen LogP contribution in [0.15, 0.2) is 64.8 Å². The zero-order valence-corrected chi connectivity index (χ0v) is 21.2. The third-order valence-corrected chi connectivity index (χ3v) is 5.20. The van der Waals surface area contributed by atoms with Gasteiger partial charge in [0.15, 0.2) is 11.6 Å². The van der Waals surface area contributed by atoms with Crippen LogP contribution in [0, 0.1) is 5.82 Å². The molecule has 0 bridgehead atoms. The van der Waals surface area contributed by atoms with Gasteiger partial charge in [0, 0.05) is 48.0 Å². The monoisotopic (exact) mass is 509 g/mol. The van der Waals surface area contributed by atoms with Crippen LogP contribution in [-0.2, 0) is 9.47 Å². The van der Waals surface area contributed by atoms with Crippen molar-refractivity contribution in [2.24, 2.45) is 4.99 Å². The second-order valence-electron chi connectivity index (χ2n) is 9.16. The zero-order chi connectivity index (χ0) is 26.6. The van der Waals surface area contributed by atoms with E-state index in [0.29, 0.717) is 47.2 Å². The number of anilines is 2. The van der Waals surface area contributed by atoms with Gasteiger partial charge in [-0.2, -0.15) is 4.98 Å². The largest absolute Gasteiger partial charge is 0.497 e. The molecule has 194 valence electrons. The maximum atomic E-state index is 14.5. The van der Waals surface area contributed by atoms with Gasteiger partial charge < -0.3 is 24.3 Å². The number of methoxy groups -OCH3 is 2. The second kappa shape index (κ2) is 10.7. The summed E-state index contributed by atoms with van der Waals surface area (Å²) in [6, 6.07) is 5.07. The quantitative estimate of drug-likeness (QED) is 0.528. The molecule has 1 amide bonds. The lowest BCUT2D eigenvalue weighted by molar-refractivity contribution is 0.0546. The van der Waals surface area contributed by atoms with Crippen LogP contribution < -0.4 is 20.1 Å². The van der Waals surface area contributed by atoms with Crippen molar-refractivity contribution in [3.05, 3.63) is 65.7 Å². The van der Waals surface area contributed by atoms with Gasteiger partial charge in [0.1, 0.15) is 22.9 Å². The summed E-state index contributed by atoms with van der Waals surface area (Å²) >= 11 is 0. The molecule has 0 saturated carbocycles. The molecule has 0 saturated heterocycles. The van der Waals surface area contributed by atoms with E-state index in [1.165, 1.54) is 20.5 Å². The fraction of sp³-hybridized carbons (Fsp3) is 0.308. The van der Waals surface area contributed by atoms with E-state index in [1.807, 2.05) is 6.08 Å². The van der Waals surface area contributed by atoms with Gasteiger partial charge in [0.05, 0.1) is 32.4 Å². The molecule has 1 aromatic heterocycles. The van der Waals surface area contributed by atoms with Crippen LogP contribution >= 0.6 is 0 Å². The number of rotatable bonds is 6. The first kappa shape index (κ1) is 25.7. The normalized spacial score (nSPS) is 15.9. The molecule has 10 nitrogen and oxygen atoms in total. The van der Waals surface area contributed by atoms with Crippen molar-refractivity contribution in [1.82, 2.24) is 15.3 Å². The van der Waals surface area contributed by atoms with Gasteiger partial charge in [-0.25, -0.2) is 19.2 Å². The maximum Gasteiger partial charge on any atom is 0.412 e. The molecule has 2 heterocycles. The number of carbonyl (C=O) groups is 1. The van der Waals surface area contributed by atoms with Crippen molar-refractivity contribution in [2.45, 2.75) is 39.2 Å². The van der Waals surface area contributed by atoms with Crippen molar-refractivity contribution in [2.75, 3.05) is 19.5 Å². The van der Waals surface area contributed by atoms with Gasteiger partial charge in [-0.15, -0.1) is 0 Å². The molecule has 11 heteroatoms. The van der Waals surface area contributed by atoms with Gasteiger partial charge in [-0.3, -0.25) is 5.32 Å². The minimum atomic E-state index is -0.645. The highest BCUT2D eigenvalue weighted by Gasteiger charge is 2.25. The number of aromatic nitrogens is 2. The van der Waals surface area contributed by atoms with Crippen molar-refractivity contribution in [1.29, 1.82) is 0 Å². The van der Waals surface area contributed by atoms with Gasteiger partial charge in [-0.1, -0.05) is 0 Å². The number of aliphatic imine (C=N–C) groups is 1. The van der Waals surface area contributed by atoms with Crippen LogP contribution in [0.3, 0.4) is 0 Å². The Labute approximate surface area is 213 Å². The number of halogens is 1. The van der Waals surface area contributed by atoms with Crippen LogP contribution in [0.1, 0.15) is 33.6 Å². The Kier molecular flexibility index (Phi) is 7.42.